The highest BCUT2D eigenvalue weighted by Crippen LogP contribution is 2.41. The second-order valence-corrected chi connectivity index (χ2v) is 23.6. The zero-order valence-corrected chi connectivity index (χ0v) is 51.0. The number of benzene rings is 2. The van der Waals surface area contributed by atoms with Crippen LogP contribution in [0.15, 0.2) is 67.0 Å². The Kier molecular flexibility index (Phi) is 22.2. The summed E-state index contributed by atoms with van der Waals surface area (Å²) in [5, 5.41) is 19.1. The minimum atomic E-state index is -1.05. The van der Waals surface area contributed by atoms with Crippen LogP contribution in [-0.2, 0) is 49.3 Å². The van der Waals surface area contributed by atoms with Gasteiger partial charge in [0.2, 0.25) is 12.2 Å². The number of rotatable bonds is 28. The number of ether oxygens (including phenoxy) is 6. The highest BCUT2D eigenvalue weighted by atomic mass is 16.7. The van der Waals surface area contributed by atoms with Crippen molar-refractivity contribution in [1.29, 1.82) is 0 Å². The average Bonchev–Trinajstić information content (AvgIpc) is 1.64. The summed E-state index contributed by atoms with van der Waals surface area (Å²) in [5.41, 5.74) is 1.96. The smallest absolute Gasteiger partial charge is 0.414 e. The van der Waals surface area contributed by atoms with E-state index in [1.165, 1.54) is 36.3 Å². The van der Waals surface area contributed by atoms with E-state index in [1.54, 1.807) is 70.7 Å². The summed E-state index contributed by atoms with van der Waals surface area (Å²) < 4.78 is 39.1. The molecule has 0 spiro atoms. The normalized spacial score (nSPS) is 17.8. The first-order chi connectivity index (χ1) is 40.8. The van der Waals surface area contributed by atoms with Gasteiger partial charge in [0.1, 0.15) is 36.1 Å². The molecule has 6 amide bonds. The van der Waals surface area contributed by atoms with E-state index in [0.29, 0.717) is 61.3 Å². The summed E-state index contributed by atoms with van der Waals surface area (Å²) in [4.78, 5) is 106. The number of aliphatic hydroxyl groups excluding tert-OH is 1. The number of nitrogens with one attached hydrogen (secondary N) is 3. The predicted octanol–water partition coefficient (Wildman–Crippen LogP) is 5.79. The first-order valence-electron chi connectivity index (χ1n) is 28.8. The molecule has 3 aliphatic rings. The van der Waals surface area contributed by atoms with Gasteiger partial charge in [0.25, 0.3) is 23.6 Å². The SMILES string of the molecule is C=C1CC2CN(C(=O)OCc3ccc(O[C@H]4C[C@@H](O)C[C@@H](C=O)O4)c(C(=O)NCCC(C)(C)OCCC(C)(C)ON)c3)c3cc(OCCCC(=O)Nc4cc(C(=O)Nc5cc(C(=O)N(C)CCCN(C)C)n(C)c5)n(C)c4)c(OC)cc3C(=O)N2C1. The quantitative estimate of drug-likeness (QED) is 0.0195. The molecule has 5 heterocycles. The van der Waals surface area contributed by atoms with Gasteiger partial charge < -0.3 is 78.1 Å². The van der Waals surface area contributed by atoms with Crippen molar-refractivity contribution in [3.05, 3.63) is 95.1 Å². The number of methoxy groups -OCH3 is 1. The molecule has 7 rings (SSSR count). The van der Waals surface area contributed by atoms with Gasteiger partial charge in [-0.1, -0.05) is 18.2 Å². The maximum Gasteiger partial charge on any atom is 0.414 e. The number of aryl methyl sites for hydroxylation is 2. The highest BCUT2D eigenvalue weighted by molar-refractivity contribution is 6.07. The second-order valence-electron chi connectivity index (χ2n) is 23.6. The van der Waals surface area contributed by atoms with Crippen molar-refractivity contribution in [2.75, 3.05) is 89.7 Å². The van der Waals surface area contributed by atoms with E-state index in [1.807, 2.05) is 41.8 Å². The third-order valence-electron chi connectivity index (χ3n) is 15.2. The van der Waals surface area contributed by atoms with Gasteiger partial charge in [0, 0.05) is 84.9 Å². The van der Waals surface area contributed by atoms with Gasteiger partial charge in [-0.2, -0.15) is 0 Å². The summed E-state index contributed by atoms with van der Waals surface area (Å²) in [6.45, 7) is 13.7. The lowest BCUT2D eigenvalue weighted by atomic mass is 10.0. The minimum Gasteiger partial charge on any atom is -0.493 e. The Morgan fingerprint density at radius 3 is 2.30 bits per heavy atom. The van der Waals surface area contributed by atoms with Crippen LogP contribution < -0.4 is 41.0 Å². The number of carbonyl (C=O) groups excluding carboxylic acids is 7. The van der Waals surface area contributed by atoms with Crippen molar-refractivity contribution in [2.45, 2.75) is 121 Å². The van der Waals surface area contributed by atoms with E-state index in [4.69, 9.17) is 39.2 Å². The topological polar surface area (TPSA) is 289 Å². The molecule has 2 fully saturated rings. The number of hydrogen-bond acceptors (Lipinski definition) is 17. The largest absolute Gasteiger partial charge is 0.493 e. The van der Waals surface area contributed by atoms with E-state index in [2.05, 4.69) is 27.4 Å². The number of aliphatic hydroxyl groups is 1. The fourth-order valence-electron chi connectivity index (χ4n) is 10.2. The molecule has 6 N–H and O–H groups in total. The summed E-state index contributed by atoms with van der Waals surface area (Å²) in [6, 6.07) is 10.4. The number of amides is 6. The van der Waals surface area contributed by atoms with Crippen LogP contribution in [0.1, 0.15) is 126 Å². The standard InChI is InChI=1S/C61H84N10O15/c1-38-24-42-35-71(59(79)82-37-39-15-16-50(85-54-29-43(73)28-44(36-72)84-54)46(25-39)55(75)63-19-17-60(2,3)83-23-18-61(4,5)86-62)47-31-52(51(80-11)30-45(47)57(77)70(42)32-38)81-22-12-14-53(74)64-40-26-48(68(9)33-40)56(76)65-41-27-49(69(10)34-41)58(78)67(8)21-13-20-66(6)7/h15-16,25-27,30-31,33-34,36,42-44,54,73H,1,12-14,17-24,28-29,32,35,37,62H2,2-11H3,(H,63,75)(H,64,74)(H,65,76)/t42?,43-,44-,54-/m0/s1. The van der Waals surface area contributed by atoms with Crippen LogP contribution in [0.2, 0.25) is 0 Å². The average molecular weight is 1200 g/mol. The van der Waals surface area contributed by atoms with Crippen LogP contribution in [0.4, 0.5) is 21.9 Å². The Hall–Kier alpha value is -7.81. The van der Waals surface area contributed by atoms with Crippen LogP contribution in [0.3, 0.4) is 0 Å². The molecule has 0 radical (unpaired) electrons. The lowest BCUT2D eigenvalue weighted by Crippen LogP contribution is -2.42. The lowest BCUT2D eigenvalue weighted by molar-refractivity contribution is -0.176. The number of aromatic nitrogens is 2. The number of fused-ring (bicyclic) bond motifs is 2. The Bertz CT molecular complexity index is 3120. The minimum absolute atomic E-state index is 0.0263. The van der Waals surface area contributed by atoms with Gasteiger partial charge in [-0.3, -0.25) is 33.7 Å². The molecule has 25 heteroatoms. The molecule has 86 heavy (non-hydrogen) atoms. The summed E-state index contributed by atoms with van der Waals surface area (Å²) in [6.07, 6.45) is 2.87. The molecule has 25 nitrogen and oxygen atoms in total. The van der Waals surface area contributed by atoms with Crippen molar-refractivity contribution >= 4 is 59.0 Å². The van der Waals surface area contributed by atoms with E-state index in [-0.39, 0.29) is 116 Å². The van der Waals surface area contributed by atoms with E-state index < -0.39 is 53.6 Å². The molecule has 4 aromatic rings. The number of hydrogen-bond donors (Lipinski definition) is 5. The molecule has 2 saturated heterocycles. The first kappa shape index (κ1) is 65.7. The van der Waals surface area contributed by atoms with E-state index in [9.17, 15) is 38.7 Å². The van der Waals surface area contributed by atoms with Gasteiger partial charge in [-0.15, -0.1) is 0 Å². The zero-order valence-electron chi connectivity index (χ0n) is 51.0. The molecule has 1 unspecified atom stereocenters. The van der Waals surface area contributed by atoms with Crippen LogP contribution in [-0.4, -0.2) is 181 Å². The van der Waals surface area contributed by atoms with Gasteiger partial charge in [0.05, 0.1) is 78.4 Å². The number of anilines is 3. The van der Waals surface area contributed by atoms with Crippen molar-refractivity contribution in [1.82, 2.24) is 29.2 Å². The van der Waals surface area contributed by atoms with Crippen LogP contribution in [0, 0.1) is 0 Å². The fourth-order valence-corrected chi connectivity index (χ4v) is 10.2. The Morgan fingerprint density at radius 2 is 1.59 bits per heavy atom. The highest BCUT2D eigenvalue weighted by Gasteiger charge is 2.41. The van der Waals surface area contributed by atoms with Crippen LogP contribution in [0.25, 0.3) is 0 Å². The van der Waals surface area contributed by atoms with Crippen molar-refractivity contribution in [3.63, 3.8) is 0 Å². The van der Waals surface area contributed by atoms with Gasteiger partial charge >= 0.3 is 6.09 Å². The maximum absolute atomic E-state index is 14.5. The molecular formula is C61H84N10O15. The Labute approximate surface area is 501 Å². The van der Waals surface area contributed by atoms with Crippen molar-refractivity contribution in [2.24, 2.45) is 20.0 Å². The molecule has 468 valence electrons. The number of nitrogens with two attached hydrogens (primary N) is 1. The monoisotopic (exact) mass is 1200 g/mol. The second kappa shape index (κ2) is 29.1. The molecule has 4 atom stereocenters. The van der Waals surface area contributed by atoms with Crippen molar-refractivity contribution in [3.8, 4) is 17.2 Å². The fraction of sp³-hybridized carbons (Fsp3) is 0.525. The third kappa shape index (κ3) is 17.4. The summed E-state index contributed by atoms with van der Waals surface area (Å²) in [5.74, 6) is 4.10. The first-order valence-corrected chi connectivity index (χ1v) is 28.8. The summed E-state index contributed by atoms with van der Waals surface area (Å²) in [7, 11) is 10.5. The van der Waals surface area contributed by atoms with Gasteiger partial charge in [-0.05, 0) is 110 Å². The molecular weight excluding hydrogens is 1110 g/mol. The third-order valence-corrected chi connectivity index (χ3v) is 15.2. The lowest BCUT2D eigenvalue weighted by Gasteiger charge is -2.31. The zero-order chi connectivity index (χ0) is 62.6. The molecule has 2 aromatic carbocycles. The number of carbonyl (C=O) groups is 7. The maximum atomic E-state index is 14.5. The van der Waals surface area contributed by atoms with Crippen molar-refractivity contribution < 1.29 is 71.9 Å². The van der Waals surface area contributed by atoms with E-state index in [0.717, 1.165) is 18.5 Å². The van der Waals surface area contributed by atoms with Gasteiger partial charge in [0.15, 0.2) is 11.5 Å². The summed E-state index contributed by atoms with van der Waals surface area (Å²) >= 11 is 0. The predicted molar refractivity (Wildman–Crippen MR) is 319 cm³/mol. The number of aldehydes is 1. The molecule has 0 saturated carbocycles. The van der Waals surface area contributed by atoms with Crippen LogP contribution in [0.5, 0.6) is 17.2 Å². The van der Waals surface area contributed by atoms with E-state index >= 15 is 0 Å². The molecule has 0 aliphatic carbocycles. The van der Waals surface area contributed by atoms with Gasteiger partial charge in [-0.25, -0.2) is 10.7 Å². The number of nitrogens with zero attached hydrogens (tertiary/aromatic N) is 6. The Morgan fingerprint density at radius 1 is 0.872 bits per heavy atom. The molecule has 3 aliphatic heterocycles. The molecule has 0 bridgehead atoms. The van der Waals surface area contributed by atoms with Crippen LogP contribution >= 0.6 is 0 Å². The molecule has 2 aromatic heterocycles. The Balaban J connectivity index is 1.00.